The van der Waals surface area contributed by atoms with Gasteiger partial charge >= 0.3 is 5.97 Å². The second-order valence-electron chi connectivity index (χ2n) is 1.89. The van der Waals surface area contributed by atoms with Crippen LogP contribution in [0.1, 0.15) is 16.6 Å². The Balaban J connectivity index is 2.69. The van der Waals surface area contributed by atoms with Gasteiger partial charge in [0.15, 0.2) is 0 Å². The van der Waals surface area contributed by atoms with Crippen LogP contribution in [0.2, 0.25) is 0 Å². The summed E-state index contributed by atoms with van der Waals surface area (Å²) in [4.78, 5) is 11.4. The maximum Gasteiger partial charge on any atom is 0.348 e. The summed E-state index contributed by atoms with van der Waals surface area (Å²) in [5.41, 5.74) is 0. The van der Waals surface area contributed by atoms with E-state index < -0.39 is 0 Å². The number of carbonyl (C=O) groups is 1. The van der Waals surface area contributed by atoms with Crippen LogP contribution in [0.25, 0.3) is 0 Å². The van der Waals surface area contributed by atoms with E-state index >= 15 is 0 Å². The van der Waals surface area contributed by atoms with Gasteiger partial charge < -0.3 is 9.84 Å². The van der Waals surface area contributed by atoms with Crippen molar-refractivity contribution >= 4 is 17.3 Å². The van der Waals surface area contributed by atoms with E-state index in [0.717, 1.165) is 0 Å². The summed E-state index contributed by atoms with van der Waals surface area (Å²) in [7, 11) is 0. The number of aromatic hydroxyl groups is 1. The van der Waals surface area contributed by atoms with Crippen LogP contribution >= 0.6 is 11.3 Å². The molecule has 0 fully saturated rings. The van der Waals surface area contributed by atoms with Crippen LogP contribution in [0.4, 0.5) is 0 Å². The van der Waals surface area contributed by atoms with Crippen molar-refractivity contribution in [3.05, 3.63) is 16.3 Å². The van der Waals surface area contributed by atoms with Crippen molar-refractivity contribution in [2.45, 2.75) is 6.92 Å². The molecule has 0 amide bonds. The number of hydrogen-bond acceptors (Lipinski definition) is 4. The number of hydrogen-bond donors (Lipinski definition) is 1. The maximum atomic E-state index is 10.9. The van der Waals surface area contributed by atoms with Crippen LogP contribution in [-0.4, -0.2) is 17.7 Å². The Bertz CT molecular complexity index is 254. The minimum atomic E-state index is -0.377. The van der Waals surface area contributed by atoms with E-state index in [-0.39, 0.29) is 11.7 Å². The zero-order chi connectivity index (χ0) is 8.27. The fourth-order valence-corrected chi connectivity index (χ4v) is 1.30. The van der Waals surface area contributed by atoms with Crippen molar-refractivity contribution < 1.29 is 14.6 Å². The largest absolute Gasteiger partial charge is 0.507 e. The second kappa shape index (κ2) is 3.39. The lowest BCUT2D eigenvalue weighted by Crippen LogP contribution is -2.01. The molecule has 0 radical (unpaired) electrons. The lowest BCUT2D eigenvalue weighted by Gasteiger charge is -1.95. The lowest BCUT2D eigenvalue weighted by molar-refractivity contribution is 0.0532. The molecule has 0 saturated carbocycles. The molecule has 0 aliphatic carbocycles. The highest BCUT2D eigenvalue weighted by molar-refractivity contribution is 7.12. The summed E-state index contributed by atoms with van der Waals surface area (Å²) in [5.74, 6) is -0.268. The van der Waals surface area contributed by atoms with Gasteiger partial charge in [-0.05, 0) is 6.92 Å². The topological polar surface area (TPSA) is 46.5 Å². The summed E-state index contributed by atoms with van der Waals surface area (Å²) < 4.78 is 4.70. The molecule has 0 aromatic carbocycles. The summed E-state index contributed by atoms with van der Waals surface area (Å²) in [6.45, 7) is 2.10. The first-order valence-corrected chi connectivity index (χ1v) is 4.06. The van der Waals surface area contributed by atoms with E-state index in [9.17, 15) is 4.79 Å². The monoisotopic (exact) mass is 172 g/mol. The molecule has 1 aromatic rings. The zero-order valence-electron chi connectivity index (χ0n) is 6.03. The van der Waals surface area contributed by atoms with Crippen LogP contribution < -0.4 is 0 Å². The van der Waals surface area contributed by atoms with E-state index in [1.165, 1.54) is 22.8 Å². The van der Waals surface area contributed by atoms with E-state index in [4.69, 9.17) is 9.84 Å². The van der Waals surface area contributed by atoms with Gasteiger partial charge in [0, 0.05) is 11.4 Å². The molecule has 1 N–H and O–H groups in total. The molecule has 1 aromatic heterocycles. The number of carbonyl (C=O) groups excluding carboxylic acids is 1. The van der Waals surface area contributed by atoms with Crippen molar-refractivity contribution in [1.29, 1.82) is 0 Å². The Morgan fingerprint density at radius 2 is 2.55 bits per heavy atom. The fourth-order valence-electron chi connectivity index (χ4n) is 0.635. The zero-order valence-corrected chi connectivity index (χ0v) is 6.85. The lowest BCUT2D eigenvalue weighted by atomic mass is 10.4. The van der Waals surface area contributed by atoms with Crippen LogP contribution in [0, 0.1) is 0 Å². The van der Waals surface area contributed by atoms with Gasteiger partial charge in [0.1, 0.15) is 10.6 Å². The van der Waals surface area contributed by atoms with Gasteiger partial charge in [0.2, 0.25) is 0 Å². The van der Waals surface area contributed by atoms with Crippen LogP contribution in [0.3, 0.4) is 0 Å². The molecule has 1 rings (SSSR count). The SMILES string of the molecule is CCOC(=O)c1cc(O)cs1. The van der Waals surface area contributed by atoms with E-state index in [1.54, 1.807) is 6.92 Å². The molecule has 1 heterocycles. The standard InChI is InChI=1S/C7H8O3S/c1-2-10-7(9)6-3-5(8)4-11-6/h3-4,8H,2H2,1H3. The van der Waals surface area contributed by atoms with Gasteiger partial charge in [-0.25, -0.2) is 4.79 Å². The van der Waals surface area contributed by atoms with Gasteiger partial charge in [-0.2, -0.15) is 0 Å². The Kier molecular flexibility index (Phi) is 2.48. The van der Waals surface area contributed by atoms with Crippen molar-refractivity contribution in [1.82, 2.24) is 0 Å². The van der Waals surface area contributed by atoms with E-state index in [1.807, 2.05) is 0 Å². The number of rotatable bonds is 2. The molecule has 0 saturated heterocycles. The summed E-state index contributed by atoms with van der Waals surface area (Å²) in [5, 5.41) is 10.4. The number of ether oxygens (including phenoxy) is 1. The van der Waals surface area contributed by atoms with Gasteiger partial charge in [0.25, 0.3) is 0 Å². The Hall–Kier alpha value is -1.03. The van der Waals surface area contributed by atoms with Crippen LogP contribution in [0.15, 0.2) is 11.4 Å². The first kappa shape index (κ1) is 8.07. The third kappa shape index (κ3) is 1.94. The van der Waals surface area contributed by atoms with Gasteiger partial charge in [-0.1, -0.05) is 0 Å². The third-order valence-corrected chi connectivity index (χ3v) is 1.96. The van der Waals surface area contributed by atoms with Gasteiger partial charge in [-0.3, -0.25) is 0 Å². The third-order valence-electron chi connectivity index (χ3n) is 1.06. The van der Waals surface area contributed by atoms with Gasteiger partial charge in [-0.15, -0.1) is 11.3 Å². The molecule has 4 heteroatoms. The first-order valence-electron chi connectivity index (χ1n) is 3.18. The molecule has 0 unspecified atom stereocenters. The predicted octanol–water partition coefficient (Wildman–Crippen LogP) is 1.63. The highest BCUT2D eigenvalue weighted by atomic mass is 32.1. The second-order valence-corrected chi connectivity index (χ2v) is 2.80. The maximum absolute atomic E-state index is 10.9. The molecule has 0 aliphatic heterocycles. The van der Waals surface area contributed by atoms with Crippen molar-refractivity contribution in [3.8, 4) is 5.75 Å². The van der Waals surface area contributed by atoms with E-state index in [2.05, 4.69) is 0 Å². The molecule has 3 nitrogen and oxygen atoms in total. The first-order chi connectivity index (χ1) is 5.24. The molecular formula is C7H8O3S. The fraction of sp³-hybridized carbons (Fsp3) is 0.286. The molecule has 11 heavy (non-hydrogen) atoms. The molecule has 0 spiro atoms. The number of thiophene rings is 1. The molecular weight excluding hydrogens is 164 g/mol. The highest BCUT2D eigenvalue weighted by Gasteiger charge is 2.08. The van der Waals surface area contributed by atoms with Crippen LogP contribution in [0.5, 0.6) is 5.75 Å². The average molecular weight is 172 g/mol. The number of esters is 1. The van der Waals surface area contributed by atoms with Crippen molar-refractivity contribution in [2.75, 3.05) is 6.61 Å². The molecule has 60 valence electrons. The smallest absolute Gasteiger partial charge is 0.348 e. The van der Waals surface area contributed by atoms with Crippen molar-refractivity contribution in [2.24, 2.45) is 0 Å². The average Bonchev–Trinajstić information content (AvgIpc) is 2.36. The van der Waals surface area contributed by atoms with E-state index in [0.29, 0.717) is 11.5 Å². The minimum absolute atomic E-state index is 0.109. The van der Waals surface area contributed by atoms with Crippen molar-refractivity contribution in [3.63, 3.8) is 0 Å². The Morgan fingerprint density at radius 1 is 1.82 bits per heavy atom. The normalized spacial score (nSPS) is 9.55. The summed E-state index contributed by atoms with van der Waals surface area (Å²) >= 11 is 1.17. The Morgan fingerprint density at radius 3 is 3.00 bits per heavy atom. The highest BCUT2D eigenvalue weighted by Crippen LogP contribution is 2.20. The van der Waals surface area contributed by atoms with Gasteiger partial charge in [0.05, 0.1) is 6.61 Å². The minimum Gasteiger partial charge on any atom is -0.507 e. The molecule has 0 bridgehead atoms. The summed E-state index contributed by atoms with van der Waals surface area (Å²) in [6.07, 6.45) is 0. The predicted molar refractivity (Wildman–Crippen MR) is 41.9 cm³/mol. The Labute approximate surface area is 68.2 Å². The quantitative estimate of drug-likeness (QED) is 0.689. The summed E-state index contributed by atoms with van der Waals surface area (Å²) in [6, 6.07) is 1.39. The molecule has 0 atom stereocenters. The molecule has 0 aliphatic rings. The van der Waals surface area contributed by atoms with Crippen LogP contribution in [-0.2, 0) is 4.74 Å².